The van der Waals surface area contributed by atoms with Crippen LogP contribution in [0.15, 0.2) is 24.3 Å². The van der Waals surface area contributed by atoms with Gasteiger partial charge in [0.05, 0.1) is 6.61 Å². The Morgan fingerprint density at radius 1 is 1.37 bits per heavy atom. The minimum absolute atomic E-state index is 0.0292. The number of amides is 1. The highest BCUT2D eigenvalue weighted by molar-refractivity contribution is 7.80. The van der Waals surface area contributed by atoms with Crippen LogP contribution in [0.1, 0.15) is 12.5 Å². The van der Waals surface area contributed by atoms with Crippen LogP contribution in [-0.4, -0.2) is 37.3 Å². The molecular weight excluding hydrogens is 264 g/mol. The molecule has 0 fully saturated rings. The van der Waals surface area contributed by atoms with Crippen molar-refractivity contribution in [1.29, 1.82) is 0 Å². The highest BCUT2D eigenvalue weighted by Crippen LogP contribution is 2.11. The Kier molecular flexibility index (Phi) is 6.84. The summed E-state index contributed by atoms with van der Waals surface area (Å²) in [5, 5.41) is 2.69. The zero-order valence-electron chi connectivity index (χ0n) is 10.8. The van der Waals surface area contributed by atoms with Crippen LogP contribution in [-0.2, 0) is 9.53 Å². The minimum Gasteiger partial charge on any atom is -0.484 e. The highest BCUT2D eigenvalue weighted by Gasteiger charge is 2.02. The largest absolute Gasteiger partial charge is 0.484 e. The van der Waals surface area contributed by atoms with Gasteiger partial charge in [-0.1, -0.05) is 12.2 Å². The maximum absolute atomic E-state index is 11.4. The van der Waals surface area contributed by atoms with Crippen molar-refractivity contribution >= 4 is 23.1 Å². The Hall–Kier alpha value is -1.66. The fourth-order valence-corrected chi connectivity index (χ4v) is 1.46. The summed E-state index contributed by atoms with van der Waals surface area (Å²) in [5.41, 5.74) is 6.25. The molecular formula is C13H18N2O3S. The maximum atomic E-state index is 11.4. The molecule has 5 nitrogen and oxygen atoms in total. The summed E-state index contributed by atoms with van der Waals surface area (Å²) in [5.74, 6) is 0.415. The summed E-state index contributed by atoms with van der Waals surface area (Å²) < 4.78 is 10.4. The molecule has 0 heterocycles. The van der Waals surface area contributed by atoms with E-state index in [1.165, 1.54) is 0 Å². The Balaban J connectivity index is 2.28. The molecule has 0 saturated heterocycles. The first kappa shape index (κ1) is 15.4. The molecule has 0 radical (unpaired) electrons. The summed E-state index contributed by atoms with van der Waals surface area (Å²) in [7, 11) is 0. The van der Waals surface area contributed by atoms with Gasteiger partial charge in [-0.05, 0) is 31.2 Å². The molecule has 19 heavy (non-hydrogen) atoms. The third-order valence-corrected chi connectivity index (χ3v) is 2.52. The molecule has 0 bridgehead atoms. The second-order valence-electron chi connectivity index (χ2n) is 3.72. The van der Waals surface area contributed by atoms with E-state index in [1.807, 2.05) is 6.92 Å². The summed E-state index contributed by atoms with van der Waals surface area (Å²) in [6, 6.07) is 6.96. The van der Waals surface area contributed by atoms with Gasteiger partial charge in [-0.2, -0.15) is 0 Å². The summed E-state index contributed by atoms with van der Waals surface area (Å²) >= 11 is 4.84. The number of hydrogen-bond donors (Lipinski definition) is 2. The first-order valence-electron chi connectivity index (χ1n) is 6.00. The number of carbonyl (C=O) groups is 1. The summed E-state index contributed by atoms with van der Waals surface area (Å²) in [6.45, 7) is 3.50. The zero-order chi connectivity index (χ0) is 14.1. The molecule has 1 amide bonds. The van der Waals surface area contributed by atoms with Gasteiger partial charge in [0.1, 0.15) is 10.7 Å². The van der Waals surface area contributed by atoms with Gasteiger partial charge >= 0.3 is 0 Å². The molecule has 1 aromatic rings. The first-order chi connectivity index (χ1) is 9.13. The summed E-state index contributed by atoms with van der Waals surface area (Å²) in [4.78, 5) is 11.8. The van der Waals surface area contributed by atoms with Crippen LogP contribution in [0.25, 0.3) is 0 Å². The topological polar surface area (TPSA) is 73.6 Å². The van der Waals surface area contributed by atoms with Gasteiger partial charge < -0.3 is 20.5 Å². The van der Waals surface area contributed by atoms with Gasteiger partial charge in [0, 0.05) is 18.7 Å². The number of thiocarbonyl (C=S) groups is 1. The summed E-state index contributed by atoms with van der Waals surface area (Å²) in [6.07, 6.45) is 0. The predicted molar refractivity (Wildman–Crippen MR) is 77.3 cm³/mol. The van der Waals surface area contributed by atoms with E-state index in [1.54, 1.807) is 24.3 Å². The van der Waals surface area contributed by atoms with Crippen LogP contribution in [0.3, 0.4) is 0 Å². The van der Waals surface area contributed by atoms with Crippen molar-refractivity contribution in [3.8, 4) is 5.75 Å². The molecule has 104 valence electrons. The number of nitrogens with two attached hydrogens (primary N) is 1. The van der Waals surface area contributed by atoms with Crippen molar-refractivity contribution in [3.05, 3.63) is 29.8 Å². The minimum atomic E-state index is -0.182. The SMILES string of the molecule is CCOCCNC(=O)COc1ccc(C(N)=S)cc1. The smallest absolute Gasteiger partial charge is 0.258 e. The van der Waals surface area contributed by atoms with Crippen molar-refractivity contribution in [3.63, 3.8) is 0 Å². The van der Waals surface area contributed by atoms with Crippen LogP contribution >= 0.6 is 12.2 Å². The van der Waals surface area contributed by atoms with Gasteiger partial charge in [0.2, 0.25) is 0 Å². The number of ether oxygens (including phenoxy) is 2. The standard InChI is InChI=1S/C13H18N2O3S/c1-2-17-8-7-15-12(16)9-18-11-5-3-10(4-6-11)13(14)19/h3-6H,2,7-9H2,1H3,(H2,14,19)(H,15,16). The molecule has 6 heteroatoms. The van der Waals surface area contributed by atoms with Gasteiger partial charge in [0.15, 0.2) is 6.61 Å². The highest BCUT2D eigenvalue weighted by atomic mass is 32.1. The second kappa shape index (κ2) is 8.44. The van der Waals surface area contributed by atoms with Gasteiger partial charge in [-0.15, -0.1) is 0 Å². The van der Waals surface area contributed by atoms with E-state index in [-0.39, 0.29) is 12.5 Å². The van der Waals surface area contributed by atoms with E-state index < -0.39 is 0 Å². The average molecular weight is 282 g/mol. The van der Waals surface area contributed by atoms with E-state index in [9.17, 15) is 4.79 Å². The molecule has 1 aromatic carbocycles. The molecule has 0 aliphatic rings. The van der Waals surface area contributed by atoms with E-state index in [2.05, 4.69) is 5.32 Å². The van der Waals surface area contributed by atoms with Crippen LogP contribution < -0.4 is 15.8 Å². The van der Waals surface area contributed by atoms with Crippen molar-refractivity contribution < 1.29 is 14.3 Å². The van der Waals surface area contributed by atoms with E-state index in [4.69, 9.17) is 27.4 Å². The molecule has 3 N–H and O–H groups in total. The lowest BCUT2D eigenvalue weighted by atomic mass is 10.2. The Labute approximate surface area is 118 Å². The van der Waals surface area contributed by atoms with E-state index in [0.29, 0.717) is 30.5 Å². The average Bonchev–Trinajstić information content (AvgIpc) is 2.42. The molecule has 0 aromatic heterocycles. The molecule has 0 spiro atoms. The van der Waals surface area contributed by atoms with Crippen LogP contribution in [0.5, 0.6) is 5.75 Å². The van der Waals surface area contributed by atoms with Crippen LogP contribution in [0.2, 0.25) is 0 Å². The normalized spacial score (nSPS) is 9.95. The van der Waals surface area contributed by atoms with Crippen molar-refractivity contribution in [2.75, 3.05) is 26.4 Å². The number of rotatable bonds is 8. The lowest BCUT2D eigenvalue weighted by Gasteiger charge is -2.08. The molecule has 0 aliphatic carbocycles. The van der Waals surface area contributed by atoms with Gasteiger partial charge in [-0.3, -0.25) is 4.79 Å². The Morgan fingerprint density at radius 2 is 2.05 bits per heavy atom. The van der Waals surface area contributed by atoms with Crippen molar-refractivity contribution in [2.45, 2.75) is 6.92 Å². The maximum Gasteiger partial charge on any atom is 0.258 e. The van der Waals surface area contributed by atoms with Crippen LogP contribution in [0, 0.1) is 0 Å². The molecule has 0 atom stereocenters. The predicted octanol–water partition coefficient (Wildman–Crippen LogP) is 0.852. The first-order valence-corrected chi connectivity index (χ1v) is 6.41. The fourth-order valence-electron chi connectivity index (χ4n) is 1.32. The van der Waals surface area contributed by atoms with Gasteiger partial charge in [0.25, 0.3) is 5.91 Å². The quantitative estimate of drug-likeness (QED) is 0.546. The lowest BCUT2D eigenvalue weighted by Crippen LogP contribution is -2.31. The monoisotopic (exact) mass is 282 g/mol. The molecule has 1 rings (SSSR count). The second-order valence-corrected chi connectivity index (χ2v) is 4.16. The molecule has 0 aliphatic heterocycles. The van der Waals surface area contributed by atoms with Crippen molar-refractivity contribution in [2.24, 2.45) is 5.73 Å². The Morgan fingerprint density at radius 3 is 2.63 bits per heavy atom. The molecule has 0 saturated carbocycles. The van der Waals surface area contributed by atoms with Crippen molar-refractivity contribution in [1.82, 2.24) is 5.32 Å². The fraction of sp³-hybridized carbons (Fsp3) is 0.385. The third-order valence-electron chi connectivity index (χ3n) is 2.28. The number of nitrogens with one attached hydrogen (secondary N) is 1. The Bertz CT molecular complexity index is 420. The third kappa shape index (κ3) is 6.17. The lowest BCUT2D eigenvalue weighted by molar-refractivity contribution is -0.123. The van der Waals surface area contributed by atoms with E-state index >= 15 is 0 Å². The number of carbonyl (C=O) groups excluding carboxylic acids is 1. The van der Waals surface area contributed by atoms with Gasteiger partial charge in [-0.25, -0.2) is 0 Å². The zero-order valence-corrected chi connectivity index (χ0v) is 11.7. The van der Waals surface area contributed by atoms with Crippen LogP contribution in [0.4, 0.5) is 0 Å². The number of benzene rings is 1. The molecule has 0 unspecified atom stereocenters. The number of hydrogen-bond acceptors (Lipinski definition) is 4. The van der Waals surface area contributed by atoms with E-state index in [0.717, 1.165) is 5.56 Å².